The molecule has 2 unspecified atom stereocenters. The van der Waals surface area contributed by atoms with Crippen LogP contribution < -0.4 is 0 Å². The fourth-order valence-corrected chi connectivity index (χ4v) is 3.73. The molecule has 2 aromatic rings. The Morgan fingerprint density at radius 2 is 2.05 bits per heavy atom. The van der Waals surface area contributed by atoms with Gasteiger partial charge in [0.1, 0.15) is 6.26 Å². The molecule has 2 bridgehead atoms. The molecular formula is C15H17N3O2. The van der Waals surface area contributed by atoms with E-state index in [4.69, 9.17) is 4.42 Å². The number of furan rings is 1. The van der Waals surface area contributed by atoms with Crippen molar-refractivity contribution in [3.63, 3.8) is 0 Å². The summed E-state index contributed by atoms with van der Waals surface area (Å²) < 4.78 is 7.08. The number of hydrogen-bond acceptors (Lipinski definition) is 3. The monoisotopic (exact) mass is 271 g/mol. The van der Waals surface area contributed by atoms with Gasteiger partial charge in [-0.1, -0.05) is 0 Å². The third-order valence-electron chi connectivity index (χ3n) is 4.61. The molecule has 104 valence electrons. The minimum Gasteiger partial charge on any atom is -0.472 e. The van der Waals surface area contributed by atoms with Crippen molar-refractivity contribution in [3.8, 4) is 0 Å². The maximum absolute atomic E-state index is 12.6. The number of rotatable bonds is 2. The molecule has 2 saturated heterocycles. The lowest BCUT2D eigenvalue weighted by atomic mass is 9.97. The zero-order chi connectivity index (χ0) is 13.5. The van der Waals surface area contributed by atoms with Gasteiger partial charge >= 0.3 is 0 Å². The van der Waals surface area contributed by atoms with Crippen molar-refractivity contribution in [1.29, 1.82) is 0 Å². The molecule has 0 aliphatic carbocycles. The molecular weight excluding hydrogens is 254 g/mol. The average Bonchev–Trinajstić information content (AvgIpc) is 3.18. The quantitative estimate of drug-likeness (QED) is 0.843. The first kappa shape index (κ1) is 11.8. The number of piperidine rings is 1. The Kier molecular flexibility index (Phi) is 2.65. The molecule has 2 aromatic heterocycles. The van der Waals surface area contributed by atoms with E-state index in [2.05, 4.69) is 10.00 Å². The van der Waals surface area contributed by atoms with E-state index in [9.17, 15) is 4.79 Å². The summed E-state index contributed by atoms with van der Waals surface area (Å²) in [6.07, 6.45) is 11.2. The fraction of sp³-hybridized carbons (Fsp3) is 0.467. The zero-order valence-electron chi connectivity index (χ0n) is 11.2. The van der Waals surface area contributed by atoms with Gasteiger partial charge in [-0.3, -0.25) is 9.48 Å². The maximum atomic E-state index is 12.6. The van der Waals surface area contributed by atoms with E-state index >= 15 is 0 Å². The highest BCUT2D eigenvalue weighted by molar-refractivity contribution is 5.94. The molecule has 0 aromatic carbocycles. The summed E-state index contributed by atoms with van der Waals surface area (Å²) in [7, 11) is 0. The van der Waals surface area contributed by atoms with Crippen LogP contribution >= 0.6 is 0 Å². The van der Waals surface area contributed by atoms with Crippen LogP contribution in [0.5, 0.6) is 0 Å². The summed E-state index contributed by atoms with van der Waals surface area (Å²) in [6.45, 7) is 0. The largest absolute Gasteiger partial charge is 0.472 e. The van der Waals surface area contributed by atoms with Gasteiger partial charge in [0.2, 0.25) is 0 Å². The van der Waals surface area contributed by atoms with Gasteiger partial charge in [0.25, 0.3) is 5.91 Å². The normalized spacial score (nSPS) is 28.8. The standard InChI is InChI=1S/C15H17N3O2/c19-15(11-4-7-20-10-11)18-12-2-3-13(18)9-14(8-12)17-6-1-5-16-17/h1,4-7,10,12-14H,2-3,8-9H2. The van der Waals surface area contributed by atoms with Gasteiger partial charge in [-0.05, 0) is 37.8 Å². The molecule has 20 heavy (non-hydrogen) atoms. The Morgan fingerprint density at radius 1 is 1.25 bits per heavy atom. The summed E-state index contributed by atoms with van der Waals surface area (Å²) in [6, 6.07) is 4.82. The lowest BCUT2D eigenvalue weighted by molar-refractivity contribution is 0.0523. The van der Waals surface area contributed by atoms with Crippen molar-refractivity contribution in [2.45, 2.75) is 43.8 Å². The van der Waals surface area contributed by atoms with Crippen LogP contribution in [-0.4, -0.2) is 32.7 Å². The van der Waals surface area contributed by atoms with Crippen molar-refractivity contribution in [2.24, 2.45) is 0 Å². The topological polar surface area (TPSA) is 51.3 Å². The van der Waals surface area contributed by atoms with Crippen molar-refractivity contribution in [3.05, 3.63) is 42.6 Å². The summed E-state index contributed by atoms with van der Waals surface area (Å²) >= 11 is 0. The van der Waals surface area contributed by atoms with Crippen LogP contribution in [0.2, 0.25) is 0 Å². The molecule has 1 amide bonds. The number of nitrogens with zero attached hydrogens (tertiary/aromatic N) is 3. The first-order valence-corrected chi connectivity index (χ1v) is 7.17. The second kappa shape index (κ2) is 4.51. The van der Waals surface area contributed by atoms with Gasteiger partial charge in [-0.25, -0.2) is 0 Å². The van der Waals surface area contributed by atoms with Gasteiger partial charge in [-0.2, -0.15) is 5.10 Å². The minimum atomic E-state index is 0.116. The highest BCUT2D eigenvalue weighted by Gasteiger charge is 2.44. The van der Waals surface area contributed by atoms with Crippen LogP contribution in [0.25, 0.3) is 0 Å². The van der Waals surface area contributed by atoms with Crippen molar-refractivity contribution >= 4 is 5.91 Å². The lowest BCUT2D eigenvalue weighted by Crippen LogP contribution is -2.46. The Bertz CT molecular complexity index is 577. The molecule has 5 nitrogen and oxygen atoms in total. The molecule has 4 rings (SSSR count). The average molecular weight is 271 g/mol. The van der Waals surface area contributed by atoms with E-state index in [-0.39, 0.29) is 5.91 Å². The molecule has 0 spiro atoms. The predicted molar refractivity (Wildman–Crippen MR) is 72.2 cm³/mol. The molecule has 5 heteroatoms. The summed E-state index contributed by atoms with van der Waals surface area (Å²) in [5, 5.41) is 4.35. The first-order chi connectivity index (χ1) is 9.83. The predicted octanol–water partition coefficient (Wildman–Crippen LogP) is 2.48. The van der Waals surface area contributed by atoms with Crippen LogP contribution in [0.4, 0.5) is 0 Å². The van der Waals surface area contributed by atoms with Crippen molar-refractivity contribution in [1.82, 2.24) is 14.7 Å². The second-order valence-electron chi connectivity index (χ2n) is 5.72. The molecule has 2 atom stereocenters. The van der Waals surface area contributed by atoms with Gasteiger partial charge in [0, 0.05) is 24.5 Å². The zero-order valence-corrected chi connectivity index (χ0v) is 11.2. The van der Waals surface area contributed by atoms with E-state index in [0.717, 1.165) is 25.7 Å². The molecule has 0 radical (unpaired) electrons. The smallest absolute Gasteiger partial charge is 0.257 e. The Balaban J connectivity index is 1.56. The lowest BCUT2D eigenvalue weighted by Gasteiger charge is -2.38. The Hall–Kier alpha value is -2.04. The van der Waals surface area contributed by atoms with Crippen molar-refractivity contribution in [2.75, 3.05) is 0 Å². The summed E-state index contributed by atoms with van der Waals surface area (Å²) in [4.78, 5) is 14.6. The third kappa shape index (κ3) is 1.77. The molecule has 4 heterocycles. The highest BCUT2D eigenvalue weighted by atomic mass is 16.3. The maximum Gasteiger partial charge on any atom is 0.257 e. The van der Waals surface area contributed by atoms with E-state index in [1.807, 2.05) is 23.1 Å². The second-order valence-corrected chi connectivity index (χ2v) is 5.72. The van der Waals surface area contributed by atoms with Crippen LogP contribution in [0.1, 0.15) is 42.1 Å². The number of hydrogen-bond donors (Lipinski definition) is 0. The fourth-order valence-electron chi connectivity index (χ4n) is 3.73. The van der Waals surface area contributed by atoms with Crippen LogP contribution in [0.3, 0.4) is 0 Å². The van der Waals surface area contributed by atoms with E-state index in [1.165, 1.54) is 0 Å². The minimum absolute atomic E-state index is 0.116. The van der Waals surface area contributed by atoms with Crippen LogP contribution in [0, 0.1) is 0 Å². The molecule has 0 N–H and O–H groups in total. The molecule has 0 saturated carbocycles. The number of aromatic nitrogens is 2. The van der Waals surface area contributed by atoms with Crippen molar-refractivity contribution < 1.29 is 9.21 Å². The van der Waals surface area contributed by atoms with Crippen LogP contribution in [0.15, 0.2) is 41.5 Å². The van der Waals surface area contributed by atoms with E-state index in [1.54, 1.807) is 18.6 Å². The first-order valence-electron chi connectivity index (χ1n) is 7.17. The summed E-state index contributed by atoms with van der Waals surface area (Å²) in [5.74, 6) is 0.116. The Morgan fingerprint density at radius 3 is 2.65 bits per heavy atom. The number of carbonyl (C=O) groups excluding carboxylic acids is 1. The van der Waals surface area contributed by atoms with E-state index in [0.29, 0.717) is 23.7 Å². The van der Waals surface area contributed by atoms with Gasteiger partial charge in [0.15, 0.2) is 0 Å². The number of amides is 1. The van der Waals surface area contributed by atoms with Gasteiger partial charge < -0.3 is 9.32 Å². The third-order valence-corrected chi connectivity index (χ3v) is 4.61. The van der Waals surface area contributed by atoms with E-state index < -0.39 is 0 Å². The molecule has 2 aliphatic heterocycles. The van der Waals surface area contributed by atoms with Gasteiger partial charge in [-0.15, -0.1) is 0 Å². The van der Waals surface area contributed by atoms with Gasteiger partial charge in [0.05, 0.1) is 17.9 Å². The number of fused-ring (bicyclic) bond motifs is 2. The Labute approximate surface area is 117 Å². The molecule has 2 fully saturated rings. The number of carbonyl (C=O) groups is 1. The molecule has 2 aliphatic rings. The highest BCUT2D eigenvalue weighted by Crippen LogP contribution is 2.41. The summed E-state index contributed by atoms with van der Waals surface area (Å²) in [5.41, 5.74) is 0.666. The van der Waals surface area contributed by atoms with Crippen LogP contribution in [-0.2, 0) is 0 Å². The SMILES string of the molecule is O=C(c1ccoc1)N1C2CCC1CC(n1cccn1)C2.